The molecule has 1 aromatic carbocycles. The molecular weight excluding hydrogens is 206 g/mol. The summed E-state index contributed by atoms with van der Waals surface area (Å²) in [7, 11) is 1.56. The number of anilines is 2. The fraction of sp³-hybridized carbons (Fsp3) is 0.273. The third-order valence-electron chi connectivity index (χ3n) is 2.49. The summed E-state index contributed by atoms with van der Waals surface area (Å²) in [5.74, 6) is 0.0412. The molecular formula is C11H13N3O2. The Morgan fingerprint density at radius 2 is 2.19 bits per heavy atom. The topological polar surface area (TPSA) is 70.2 Å². The van der Waals surface area contributed by atoms with Crippen LogP contribution in [0.25, 0.3) is 0 Å². The maximum Gasteiger partial charge on any atom is 0.318 e. The maximum atomic E-state index is 11.1. The first kappa shape index (κ1) is 10.5. The van der Waals surface area contributed by atoms with Crippen LogP contribution in [0, 0.1) is 0 Å². The molecule has 5 heteroatoms. The maximum absolute atomic E-state index is 11.1. The van der Waals surface area contributed by atoms with Gasteiger partial charge in [0.1, 0.15) is 0 Å². The van der Waals surface area contributed by atoms with Gasteiger partial charge in [0, 0.05) is 24.8 Å². The first-order chi connectivity index (χ1) is 7.69. The molecule has 0 unspecified atom stereocenters. The first-order valence-electron chi connectivity index (χ1n) is 5.10. The normalized spacial score (nSPS) is 13.7. The molecule has 5 nitrogen and oxygen atoms in total. The van der Waals surface area contributed by atoms with Gasteiger partial charge in [0.2, 0.25) is 5.91 Å². The van der Waals surface area contributed by atoms with E-state index in [0.717, 1.165) is 16.9 Å². The smallest absolute Gasteiger partial charge is 0.318 e. The predicted molar refractivity (Wildman–Crippen MR) is 61.5 cm³/mol. The van der Waals surface area contributed by atoms with E-state index in [1.807, 2.05) is 6.07 Å². The van der Waals surface area contributed by atoms with Crippen LogP contribution in [0.1, 0.15) is 12.0 Å². The number of fused-ring (bicyclic) bond motifs is 1. The van der Waals surface area contributed by atoms with Gasteiger partial charge in [-0.05, 0) is 30.2 Å². The fourth-order valence-corrected chi connectivity index (χ4v) is 1.65. The molecule has 3 amide bonds. The highest BCUT2D eigenvalue weighted by Gasteiger charge is 2.14. The molecule has 1 aliphatic heterocycles. The SMILES string of the molecule is CNC(=O)Nc1ccc2c(c1)CCC(=O)N2. The summed E-state index contributed by atoms with van der Waals surface area (Å²) in [5.41, 5.74) is 2.61. The van der Waals surface area contributed by atoms with Crippen LogP contribution in [0.15, 0.2) is 18.2 Å². The molecule has 0 spiro atoms. The molecule has 1 aromatic rings. The van der Waals surface area contributed by atoms with Crippen LogP contribution in [-0.2, 0) is 11.2 Å². The van der Waals surface area contributed by atoms with Crippen LogP contribution < -0.4 is 16.0 Å². The van der Waals surface area contributed by atoms with Crippen molar-refractivity contribution in [2.45, 2.75) is 12.8 Å². The minimum absolute atomic E-state index is 0.0412. The molecule has 16 heavy (non-hydrogen) atoms. The molecule has 84 valence electrons. The Kier molecular flexibility index (Phi) is 2.76. The third kappa shape index (κ3) is 2.13. The monoisotopic (exact) mass is 219 g/mol. The highest BCUT2D eigenvalue weighted by atomic mass is 16.2. The van der Waals surface area contributed by atoms with Gasteiger partial charge in [0.15, 0.2) is 0 Å². The molecule has 0 atom stereocenters. The second-order valence-electron chi connectivity index (χ2n) is 3.62. The van der Waals surface area contributed by atoms with Gasteiger partial charge >= 0.3 is 6.03 Å². The standard InChI is InChI=1S/C11H13N3O2/c1-12-11(16)13-8-3-4-9-7(6-8)2-5-10(15)14-9/h3-4,6H,2,5H2,1H3,(H,14,15)(H2,12,13,16). The van der Waals surface area contributed by atoms with E-state index in [1.165, 1.54) is 0 Å². The van der Waals surface area contributed by atoms with E-state index in [1.54, 1.807) is 19.2 Å². The molecule has 0 bridgehead atoms. The van der Waals surface area contributed by atoms with E-state index in [0.29, 0.717) is 12.8 Å². The second kappa shape index (κ2) is 4.22. The van der Waals surface area contributed by atoms with Crippen molar-refractivity contribution in [1.29, 1.82) is 0 Å². The van der Waals surface area contributed by atoms with Gasteiger partial charge in [0.25, 0.3) is 0 Å². The lowest BCUT2D eigenvalue weighted by atomic mass is 10.0. The van der Waals surface area contributed by atoms with E-state index in [9.17, 15) is 9.59 Å². The number of urea groups is 1. The van der Waals surface area contributed by atoms with Crippen molar-refractivity contribution in [2.24, 2.45) is 0 Å². The van der Waals surface area contributed by atoms with Crippen LogP contribution in [0.5, 0.6) is 0 Å². The minimum atomic E-state index is -0.250. The number of carbonyl (C=O) groups is 2. The Morgan fingerprint density at radius 3 is 2.94 bits per heavy atom. The number of amides is 3. The summed E-state index contributed by atoms with van der Waals surface area (Å²) in [6, 6.07) is 5.20. The van der Waals surface area contributed by atoms with Crippen molar-refractivity contribution < 1.29 is 9.59 Å². The van der Waals surface area contributed by atoms with E-state index >= 15 is 0 Å². The molecule has 3 N–H and O–H groups in total. The Balaban J connectivity index is 2.19. The number of carbonyl (C=O) groups excluding carboxylic acids is 2. The molecule has 1 aliphatic rings. The van der Waals surface area contributed by atoms with Crippen molar-refractivity contribution in [3.8, 4) is 0 Å². The van der Waals surface area contributed by atoms with Crippen molar-refractivity contribution in [3.05, 3.63) is 23.8 Å². The zero-order chi connectivity index (χ0) is 11.5. The number of nitrogens with one attached hydrogen (secondary N) is 3. The van der Waals surface area contributed by atoms with Crippen molar-refractivity contribution in [2.75, 3.05) is 17.7 Å². The van der Waals surface area contributed by atoms with Gasteiger partial charge in [-0.25, -0.2) is 4.79 Å². The molecule has 0 aromatic heterocycles. The molecule has 0 radical (unpaired) electrons. The lowest BCUT2D eigenvalue weighted by Gasteiger charge is -2.17. The van der Waals surface area contributed by atoms with E-state index in [-0.39, 0.29) is 11.9 Å². The second-order valence-corrected chi connectivity index (χ2v) is 3.62. The first-order valence-corrected chi connectivity index (χ1v) is 5.10. The number of aryl methyl sites for hydroxylation is 1. The van der Waals surface area contributed by atoms with Gasteiger partial charge < -0.3 is 16.0 Å². The molecule has 0 saturated heterocycles. The Bertz CT molecular complexity index is 443. The van der Waals surface area contributed by atoms with E-state index < -0.39 is 0 Å². The summed E-state index contributed by atoms with van der Waals surface area (Å²) in [4.78, 5) is 22.3. The highest BCUT2D eigenvalue weighted by molar-refractivity contribution is 5.95. The number of benzene rings is 1. The number of rotatable bonds is 1. The van der Waals surface area contributed by atoms with Crippen molar-refractivity contribution >= 4 is 23.3 Å². The van der Waals surface area contributed by atoms with E-state index in [4.69, 9.17) is 0 Å². The van der Waals surface area contributed by atoms with Crippen LogP contribution in [-0.4, -0.2) is 19.0 Å². The largest absolute Gasteiger partial charge is 0.341 e. The molecule has 0 aliphatic carbocycles. The van der Waals surface area contributed by atoms with Gasteiger partial charge in [-0.15, -0.1) is 0 Å². The molecule has 0 saturated carbocycles. The molecule has 1 heterocycles. The third-order valence-corrected chi connectivity index (χ3v) is 2.49. The average molecular weight is 219 g/mol. The van der Waals surface area contributed by atoms with Crippen molar-refractivity contribution in [1.82, 2.24) is 5.32 Å². The zero-order valence-electron chi connectivity index (χ0n) is 8.96. The number of hydrogen-bond donors (Lipinski definition) is 3. The summed E-state index contributed by atoms with van der Waals surface area (Å²) in [5, 5.41) is 7.96. The van der Waals surface area contributed by atoms with E-state index in [2.05, 4.69) is 16.0 Å². The van der Waals surface area contributed by atoms with Crippen LogP contribution in [0.4, 0.5) is 16.2 Å². The van der Waals surface area contributed by atoms with Crippen molar-refractivity contribution in [3.63, 3.8) is 0 Å². The van der Waals surface area contributed by atoms with Gasteiger partial charge in [-0.2, -0.15) is 0 Å². The van der Waals surface area contributed by atoms with Crippen LogP contribution >= 0.6 is 0 Å². The fourth-order valence-electron chi connectivity index (χ4n) is 1.65. The Hall–Kier alpha value is -2.04. The molecule has 2 rings (SSSR count). The van der Waals surface area contributed by atoms with Gasteiger partial charge in [-0.3, -0.25) is 4.79 Å². The lowest BCUT2D eigenvalue weighted by Crippen LogP contribution is -2.25. The lowest BCUT2D eigenvalue weighted by molar-refractivity contribution is -0.116. The summed E-state index contributed by atoms with van der Waals surface area (Å²) in [6.07, 6.45) is 1.21. The Morgan fingerprint density at radius 1 is 1.38 bits per heavy atom. The summed E-state index contributed by atoms with van der Waals surface area (Å²) in [6.45, 7) is 0. The Labute approximate surface area is 93.2 Å². The number of hydrogen-bond acceptors (Lipinski definition) is 2. The zero-order valence-corrected chi connectivity index (χ0v) is 8.96. The quantitative estimate of drug-likeness (QED) is 0.666. The van der Waals surface area contributed by atoms with Gasteiger partial charge in [0.05, 0.1) is 0 Å². The predicted octanol–water partition coefficient (Wildman–Crippen LogP) is 1.32. The van der Waals surface area contributed by atoms with Gasteiger partial charge in [-0.1, -0.05) is 0 Å². The molecule has 0 fully saturated rings. The van der Waals surface area contributed by atoms with Crippen LogP contribution in [0.2, 0.25) is 0 Å². The highest BCUT2D eigenvalue weighted by Crippen LogP contribution is 2.25. The summed E-state index contributed by atoms with van der Waals surface area (Å²) >= 11 is 0. The van der Waals surface area contributed by atoms with Crippen LogP contribution in [0.3, 0.4) is 0 Å². The average Bonchev–Trinajstić information content (AvgIpc) is 2.29. The minimum Gasteiger partial charge on any atom is -0.341 e. The summed E-state index contributed by atoms with van der Waals surface area (Å²) < 4.78 is 0.